The highest BCUT2D eigenvalue weighted by atomic mass is 16.6. The Bertz CT molecular complexity index is 1170. The van der Waals surface area contributed by atoms with E-state index >= 15 is 0 Å². The van der Waals surface area contributed by atoms with Crippen molar-refractivity contribution >= 4 is 12.0 Å². The third-order valence-corrected chi connectivity index (χ3v) is 7.08. The number of fused-ring (bicyclic) bond motifs is 1. The molecule has 1 unspecified atom stereocenters. The van der Waals surface area contributed by atoms with Gasteiger partial charge in [0.1, 0.15) is 19.3 Å². The first-order chi connectivity index (χ1) is 19.9. The van der Waals surface area contributed by atoms with Crippen molar-refractivity contribution in [3.8, 4) is 23.0 Å². The number of ether oxygens (including phenoxy) is 6. The summed E-state index contributed by atoms with van der Waals surface area (Å²) in [5.41, 5.74) is 1.32. The van der Waals surface area contributed by atoms with Crippen LogP contribution in [0.3, 0.4) is 0 Å². The number of nitrogens with one attached hydrogen (secondary N) is 2. The van der Waals surface area contributed by atoms with Crippen LogP contribution >= 0.6 is 0 Å². The van der Waals surface area contributed by atoms with Gasteiger partial charge in [-0.2, -0.15) is 0 Å². The van der Waals surface area contributed by atoms with E-state index in [2.05, 4.69) is 10.6 Å². The van der Waals surface area contributed by atoms with E-state index in [1.54, 1.807) is 37.3 Å². The van der Waals surface area contributed by atoms with Crippen LogP contribution in [-0.4, -0.2) is 89.3 Å². The molecule has 41 heavy (non-hydrogen) atoms. The normalized spacial score (nSPS) is 17.7. The topological polar surface area (TPSA) is 117 Å². The first-order valence-electron chi connectivity index (χ1n) is 14.0. The lowest BCUT2D eigenvalue weighted by molar-refractivity contribution is 0.0521. The van der Waals surface area contributed by atoms with Crippen LogP contribution in [0.2, 0.25) is 0 Å². The molecule has 11 nitrogen and oxygen atoms in total. The molecule has 2 aliphatic heterocycles. The Hall–Kier alpha value is -3.70. The lowest BCUT2D eigenvalue weighted by Gasteiger charge is -2.31. The molecule has 0 spiro atoms. The number of benzene rings is 2. The summed E-state index contributed by atoms with van der Waals surface area (Å²) in [7, 11) is 3.21. The molecule has 1 fully saturated rings. The molecular weight excluding hydrogens is 530 g/mol. The Morgan fingerprint density at radius 2 is 1.90 bits per heavy atom. The molecule has 0 aliphatic carbocycles. The number of nitrogens with zero attached hydrogens (tertiary/aromatic N) is 1. The number of carbonyl (C=O) groups excluding carboxylic acids is 2. The first-order valence-corrected chi connectivity index (χ1v) is 14.0. The fraction of sp³-hybridized carbons (Fsp3) is 0.533. The third kappa shape index (κ3) is 7.95. The summed E-state index contributed by atoms with van der Waals surface area (Å²) in [6, 6.07) is 10.7. The van der Waals surface area contributed by atoms with Crippen molar-refractivity contribution in [2.24, 2.45) is 5.92 Å². The number of para-hydroxylation sites is 1. The van der Waals surface area contributed by atoms with Crippen LogP contribution in [0.4, 0.5) is 4.79 Å². The fourth-order valence-electron chi connectivity index (χ4n) is 4.90. The minimum atomic E-state index is -0.522. The van der Waals surface area contributed by atoms with E-state index in [9.17, 15) is 9.59 Å². The van der Waals surface area contributed by atoms with Gasteiger partial charge in [0.2, 0.25) is 0 Å². The van der Waals surface area contributed by atoms with Crippen LogP contribution < -0.4 is 29.6 Å². The van der Waals surface area contributed by atoms with Gasteiger partial charge < -0.3 is 44.0 Å². The van der Waals surface area contributed by atoms with Crippen LogP contribution in [0.5, 0.6) is 23.0 Å². The maximum atomic E-state index is 13.7. The summed E-state index contributed by atoms with van der Waals surface area (Å²) in [6.07, 6.45) is -0.190. The Kier molecular flexibility index (Phi) is 10.9. The number of amides is 2. The maximum Gasteiger partial charge on any atom is 0.407 e. The molecule has 2 aromatic carbocycles. The molecule has 0 saturated carbocycles. The highest BCUT2D eigenvalue weighted by Gasteiger charge is 2.34. The van der Waals surface area contributed by atoms with Crippen LogP contribution in [0.1, 0.15) is 36.2 Å². The second-order valence-corrected chi connectivity index (χ2v) is 10.3. The molecule has 2 N–H and O–H groups in total. The third-order valence-electron chi connectivity index (χ3n) is 7.08. The Morgan fingerprint density at radius 3 is 2.68 bits per heavy atom. The SMILES string of the molecule is COCCCOc1cc(C(=O)N(CC2CNC[C@H]2OC(=O)NCc2cccc3c2OCCO3)C(C)C)ccc1OC. The van der Waals surface area contributed by atoms with E-state index in [0.29, 0.717) is 74.6 Å². The predicted octanol–water partition coefficient (Wildman–Crippen LogP) is 3.25. The van der Waals surface area contributed by atoms with Crippen LogP contribution in [0.15, 0.2) is 36.4 Å². The van der Waals surface area contributed by atoms with E-state index in [1.165, 1.54) is 0 Å². The first kappa shape index (κ1) is 30.3. The number of hydrogen-bond acceptors (Lipinski definition) is 9. The molecule has 2 aromatic rings. The molecule has 4 rings (SSSR count). The summed E-state index contributed by atoms with van der Waals surface area (Å²) in [4.78, 5) is 28.2. The average molecular weight is 572 g/mol. The molecule has 2 amide bonds. The quantitative estimate of drug-likeness (QED) is 0.350. The van der Waals surface area contributed by atoms with Gasteiger partial charge in [0.25, 0.3) is 5.91 Å². The zero-order chi connectivity index (χ0) is 29.2. The van der Waals surface area contributed by atoms with Gasteiger partial charge in [-0.05, 0) is 38.1 Å². The van der Waals surface area contributed by atoms with E-state index in [4.69, 9.17) is 28.4 Å². The van der Waals surface area contributed by atoms with Gasteiger partial charge in [-0.25, -0.2) is 4.79 Å². The van der Waals surface area contributed by atoms with E-state index in [0.717, 1.165) is 12.0 Å². The molecule has 1 saturated heterocycles. The van der Waals surface area contributed by atoms with Crippen LogP contribution in [0, 0.1) is 5.92 Å². The number of hydrogen-bond donors (Lipinski definition) is 2. The molecule has 2 aliphatic rings. The zero-order valence-electron chi connectivity index (χ0n) is 24.3. The Morgan fingerprint density at radius 1 is 1.07 bits per heavy atom. The highest BCUT2D eigenvalue weighted by molar-refractivity contribution is 5.95. The minimum Gasteiger partial charge on any atom is -0.493 e. The van der Waals surface area contributed by atoms with Gasteiger partial charge in [-0.3, -0.25) is 4.79 Å². The number of carbonyl (C=O) groups is 2. The number of alkyl carbamates (subject to hydrolysis) is 1. The lowest BCUT2D eigenvalue weighted by Crippen LogP contribution is -2.44. The monoisotopic (exact) mass is 571 g/mol. The van der Waals surface area contributed by atoms with Gasteiger partial charge in [-0.1, -0.05) is 12.1 Å². The second kappa shape index (κ2) is 14.8. The van der Waals surface area contributed by atoms with Gasteiger partial charge in [0.15, 0.2) is 23.0 Å². The summed E-state index contributed by atoms with van der Waals surface area (Å²) < 4.78 is 33.5. The molecule has 2 heterocycles. The van der Waals surface area contributed by atoms with Crippen LogP contribution in [-0.2, 0) is 16.0 Å². The molecule has 11 heteroatoms. The van der Waals surface area contributed by atoms with Crippen molar-refractivity contribution in [3.63, 3.8) is 0 Å². The molecular formula is C30H41N3O8. The number of rotatable bonds is 13. The minimum absolute atomic E-state index is 0.0720. The summed E-state index contributed by atoms with van der Waals surface area (Å²) in [6.45, 7) is 7.75. The maximum absolute atomic E-state index is 13.7. The largest absolute Gasteiger partial charge is 0.493 e. The van der Waals surface area contributed by atoms with E-state index < -0.39 is 6.09 Å². The number of methoxy groups -OCH3 is 2. The van der Waals surface area contributed by atoms with Crippen molar-refractivity contribution in [3.05, 3.63) is 47.5 Å². The Labute approximate surface area is 241 Å². The van der Waals surface area contributed by atoms with Gasteiger partial charge >= 0.3 is 6.09 Å². The molecule has 0 bridgehead atoms. The van der Waals surface area contributed by atoms with Crippen molar-refractivity contribution in [2.45, 2.75) is 39.0 Å². The van der Waals surface area contributed by atoms with Gasteiger partial charge in [-0.15, -0.1) is 0 Å². The predicted molar refractivity (Wildman–Crippen MR) is 152 cm³/mol. The van der Waals surface area contributed by atoms with Crippen molar-refractivity contribution in [1.82, 2.24) is 15.5 Å². The van der Waals surface area contributed by atoms with E-state index in [-0.39, 0.29) is 30.5 Å². The van der Waals surface area contributed by atoms with Crippen LogP contribution in [0.25, 0.3) is 0 Å². The van der Waals surface area contributed by atoms with Crippen molar-refractivity contribution in [1.29, 1.82) is 0 Å². The molecule has 2 atom stereocenters. The zero-order valence-corrected chi connectivity index (χ0v) is 24.3. The second-order valence-electron chi connectivity index (χ2n) is 10.3. The molecule has 0 radical (unpaired) electrons. The molecule has 224 valence electrons. The summed E-state index contributed by atoms with van der Waals surface area (Å²) >= 11 is 0. The fourth-order valence-corrected chi connectivity index (χ4v) is 4.90. The summed E-state index contributed by atoms with van der Waals surface area (Å²) in [5, 5.41) is 6.12. The van der Waals surface area contributed by atoms with Gasteiger partial charge in [0.05, 0.1) is 13.7 Å². The standard InChI is InChI=1S/C30H41N3O8/c1-20(2)33(29(34)21-9-10-24(37-4)26(15-21)38-12-6-11-36-3)19-23-16-31-18-27(23)41-30(35)32-17-22-7-5-8-25-28(22)40-14-13-39-25/h5,7-10,15,20,23,27,31H,6,11-14,16-19H2,1-4H3,(H,32,35)/t23?,27-/m1/s1. The average Bonchev–Trinajstić information content (AvgIpc) is 3.42. The van der Waals surface area contributed by atoms with Gasteiger partial charge in [0, 0.05) is 69.4 Å². The van der Waals surface area contributed by atoms with E-state index in [1.807, 2.05) is 32.0 Å². The van der Waals surface area contributed by atoms with Crippen molar-refractivity contribution in [2.75, 3.05) is 60.3 Å². The lowest BCUT2D eigenvalue weighted by atomic mass is 10.0. The smallest absolute Gasteiger partial charge is 0.407 e. The van der Waals surface area contributed by atoms with Crippen molar-refractivity contribution < 1.29 is 38.0 Å². The highest BCUT2D eigenvalue weighted by Crippen LogP contribution is 2.33. The Balaban J connectivity index is 1.36. The molecule has 0 aromatic heterocycles. The summed E-state index contributed by atoms with van der Waals surface area (Å²) in [5.74, 6) is 2.18.